The molecule has 6 heteroatoms. The van der Waals surface area contributed by atoms with E-state index in [0.29, 0.717) is 27.9 Å². The summed E-state index contributed by atoms with van der Waals surface area (Å²) in [5, 5.41) is 0.497. The lowest BCUT2D eigenvalue weighted by Gasteiger charge is -2.12. The zero-order chi connectivity index (χ0) is 18.8. The van der Waals surface area contributed by atoms with E-state index < -0.39 is 11.6 Å². The molecule has 0 aliphatic rings. The molecule has 3 aromatic carbocycles. The lowest BCUT2D eigenvalue weighted by molar-refractivity contribution is 0.289. The summed E-state index contributed by atoms with van der Waals surface area (Å²) >= 11 is 0. The predicted molar refractivity (Wildman–Crippen MR) is 98.5 cm³/mol. The quantitative estimate of drug-likeness (QED) is 0.582. The molecule has 27 heavy (non-hydrogen) atoms. The highest BCUT2D eigenvalue weighted by Crippen LogP contribution is 2.24. The molecule has 4 rings (SSSR count). The Balaban J connectivity index is 1.71. The number of hydrogen-bond acceptors (Lipinski definition) is 3. The predicted octanol–water partition coefficient (Wildman–Crippen LogP) is 4.45. The van der Waals surface area contributed by atoms with Crippen LogP contribution >= 0.6 is 0 Å². The second-order valence-corrected chi connectivity index (χ2v) is 5.95. The zero-order valence-electron chi connectivity index (χ0n) is 14.1. The van der Waals surface area contributed by atoms with Crippen molar-refractivity contribution in [1.29, 1.82) is 0 Å². The fourth-order valence-corrected chi connectivity index (χ4v) is 2.83. The van der Waals surface area contributed by atoms with E-state index in [1.807, 2.05) is 0 Å². The summed E-state index contributed by atoms with van der Waals surface area (Å²) in [6, 6.07) is 17.2. The van der Waals surface area contributed by atoms with Crippen LogP contribution in [0.2, 0.25) is 0 Å². The number of hydrogen-bond donors (Lipinski definition) is 1. The van der Waals surface area contributed by atoms with E-state index in [0.717, 1.165) is 18.2 Å². The number of rotatable bonds is 4. The van der Waals surface area contributed by atoms with Gasteiger partial charge in [0.15, 0.2) is 11.6 Å². The van der Waals surface area contributed by atoms with Crippen LogP contribution in [0.25, 0.3) is 22.3 Å². The highest BCUT2D eigenvalue weighted by Gasteiger charge is 2.12. The fourth-order valence-electron chi connectivity index (χ4n) is 2.83. The molecule has 1 N–H and O–H groups in total. The van der Waals surface area contributed by atoms with Crippen molar-refractivity contribution in [1.82, 2.24) is 9.97 Å². The summed E-state index contributed by atoms with van der Waals surface area (Å²) in [5.41, 5.74) is 1.65. The number of para-hydroxylation sites is 1. The van der Waals surface area contributed by atoms with Gasteiger partial charge < -0.3 is 9.72 Å². The van der Waals surface area contributed by atoms with E-state index in [1.54, 1.807) is 48.5 Å². The van der Waals surface area contributed by atoms with Gasteiger partial charge in [0.1, 0.15) is 18.2 Å². The molecular formula is C21H14F2N2O2. The van der Waals surface area contributed by atoms with Crippen LogP contribution in [0.15, 0.2) is 71.5 Å². The van der Waals surface area contributed by atoms with Crippen LogP contribution in [0.1, 0.15) is 5.56 Å². The van der Waals surface area contributed by atoms with Gasteiger partial charge in [0.2, 0.25) is 0 Å². The minimum atomic E-state index is -0.647. The molecule has 1 heterocycles. The molecule has 0 saturated carbocycles. The highest BCUT2D eigenvalue weighted by atomic mass is 19.1. The molecule has 0 radical (unpaired) electrons. The summed E-state index contributed by atoms with van der Waals surface area (Å²) in [4.78, 5) is 19.6. The van der Waals surface area contributed by atoms with Crippen LogP contribution in [0.3, 0.4) is 0 Å². The lowest BCUT2D eigenvalue weighted by atomic mass is 10.1. The molecule has 0 spiro atoms. The van der Waals surface area contributed by atoms with Gasteiger partial charge in [0, 0.05) is 17.2 Å². The van der Waals surface area contributed by atoms with Gasteiger partial charge in [0.05, 0.1) is 10.9 Å². The second-order valence-electron chi connectivity index (χ2n) is 5.95. The Labute approximate surface area is 153 Å². The molecule has 0 saturated heterocycles. The standard InChI is InChI=1S/C21H14F2N2O2/c22-14-9-10-17(23)19(11-14)27-12-13-5-1-2-6-15(13)20-24-18-8-4-3-7-16(18)21(26)25-20/h1-11H,12H2,(H,24,25,26). The first-order valence-corrected chi connectivity index (χ1v) is 8.27. The molecule has 0 bridgehead atoms. The summed E-state index contributed by atoms with van der Waals surface area (Å²) in [5.74, 6) is -1.02. The molecular weight excluding hydrogens is 350 g/mol. The van der Waals surface area contributed by atoms with Crippen molar-refractivity contribution in [2.45, 2.75) is 6.61 Å². The van der Waals surface area contributed by atoms with Crippen LogP contribution in [-0.2, 0) is 6.61 Å². The number of aromatic amines is 1. The summed E-state index contributed by atoms with van der Waals surface area (Å²) < 4.78 is 32.5. The van der Waals surface area contributed by atoms with Crippen molar-refractivity contribution in [3.8, 4) is 17.1 Å². The maximum absolute atomic E-state index is 13.8. The molecule has 0 aliphatic carbocycles. The first kappa shape index (κ1) is 16.9. The largest absolute Gasteiger partial charge is 0.486 e. The van der Waals surface area contributed by atoms with Crippen LogP contribution in [-0.4, -0.2) is 9.97 Å². The number of halogens is 2. The van der Waals surface area contributed by atoms with Gasteiger partial charge in [0.25, 0.3) is 5.56 Å². The summed E-state index contributed by atoms with van der Waals surface area (Å²) in [6.07, 6.45) is 0. The van der Waals surface area contributed by atoms with Crippen LogP contribution < -0.4 is 10.3 Å². The van der Waals surface area contributed by atoms with Crippen molar-refractivity contribution in [3.05, 3.63) is 94.3 Å². The number of aromatic nitrogens is 2. The SMILES string of the molecule is O=c1[nH]c(-c2ccccc2COc2cc(F)ccc2F)nc2ccccc12. The van der Waals surface area contributed by atoms with E-state index in [-0.39, 0.29) is 17.9 Å². The fraction of sp³-hybridized carbons (Fsp3) is 0.0476. The Morgan fingerprint density at radius 2 is 1.74 bits per heavy atom. The monoisotopic (exact) mass is 364 g/mol. The Kier molecular flexibility index (Phi) is 4.38. The summed E-state index contributed by atoms with van der Waals surface area (Å²) in [6.45, 7) is -0.00686. The van der Waals surface area contributed by atoms with E-state index in [4.69, 9.17) is 4.74 Å². The van der Waals surface area contributed by atoms with Crippen molar-refractivity contribution in [3.63, 3.8) is 0 Å². The molecule has 0 aliphatic heterocycles. The molecule has 0 atom stereocenters. The number of benzene rings is 3. The number of fused-ring (bicyclic) bond motifs is 1. The molecule has 0 amide bonds. The summed E-state index contributed by atoms with van der Waals surface area (Å²) in [7, 11) is 0. The van der Waals surface area contributed by atoms with Crippen LogP contribution in [0.5, 0.6) is 5.75 Å². The maximum atomic E-state index is 13.8. The van der Waals surface area contributed by atoms with Crippen molar-refractivity contribution in [2.24, 2.45) is 0 Å². The third-order valence-electron chi connectivity index (χ3n) is 4.16. The van der Waals surface area contributed by atoms with Crippen LogP contribution in [0.4, 0.5) is 8.78 Å². The van der Waals surface area contributed by atoms with Gasteiger partial charge in [-0.3, -0.25) is 4.79 Å². The van der Waals surface area contributed by atoms with E-state index in [9.17, 15) is 13.6 Å². The first-order chi connectivity index (χ1) is 13.1. The highest BCUT2D eigenvalue weighted by molar-refractivity contribution is 5.79. The first-order valence-electron chi connectivity index (χ1n) is 8.27. The van der Waals surface area contributed by atoms with Gasteiger partial charge in [-0.25, -0.2) is 13.8 Å². The molecule has 0 unspecified atom stereocenters. The Bertz CT molecular complexity index is 1190. The van der Waals surface area contributed by atoms with E-state index >= 15 is 0 Å². The second kappa shape index (κ2) is 6.99. The molecule has 0 fully saturated rings. The topological polar surface area (TPSA) is 55.0 Å². The van der Waals surface area contributed by atoms with Gasteiger partial charge in [-0.2, -0.15) is 0 Å². The van der Waals surface area contributed by atoms with Gasteiger partial charge in [-0.15, -0.1) is 0 Å². The molecule has 134 valence electrons. The van der Waals surface area contributed by atoms with Gasteiger partial charge >= 0.3 is 0 Å². The Morgan fingerprint density at radius 1 is 0.963 bits per heavy atom. The minimum Gasteiger partial charge on any atom is -0.486 e. The van der Waals surface area contributed by atoms with Crippen molar-refractivity contribution >= 4 is 10.9 Å². The third-order valence-corrected chi connectivity index (χ3v) is 4.16. The number of H-pyrrole nitrogens is 1. The smallest absolute Gasteiger partial charge is 0.259 e. The average Bonchev–Trinajstić information content (AvgIpc) is 2.69. The average molecular weight is 364 g/mol. The van der Waals surface area contributed by atoms with Gasteiger partial charge in [-0.05, 0) is 24.3 Å². The van der Waals surface area contributed by atoms with Crippen molar-refractivity contribution in [2.75, 3.05) is 0 Å². The molecule has 1 aromatic heterocycles. The van der Waals surface area contributed by atoms with Crippen LogP contribution in [0, 0.1) is 11.6 Å². The number of nitrogens with one attached hydrogen (secondary N) is 1. The third kappa shape index (κ3) is 3.42. The van der Waals surface area contributed by atoms with E-state index in [2.05, 4.69) is 9.97 Å². The number of ether oxygens (including phenoxy) is 1. The lowest BCUT2D eigenvalue weighted by Crippen LogP contribution is -2.10. The van der Waals surface area contributed by atoms with E-state index in [1.165, 1.54) is 0 Å². The van der Waals surface area contributed by atoms with Crippen molar-refractivity contribution < 1.29 is 13.5 Å². The Morgan fingerprint density at radius 3 is 2.63 bits per heavy atom. The zero-order valence-corrected chi connectivity index (χ0v) is 14.1. The minimum absolute atomic E-state index is 0.00686. The Hall–Kier alpha value is -3.54. The normalized spacial score (nSPS) is 10.9. The van der Waals surface area contributed by atoms with Gasteiger partial charge in [-0.1, -0.05) is 36.4 Å². The molecule has 4 nitrogen and oxygen atoms in total. The maximum Gasteiger partial charge on any atom is 0.259 e. The molecule has 4 aromatic rings. The number of nitrogens with zero attached hydrogens (tertiary/aromatic N) is 1.